The summed E-state index contributed by atoms with van der Waals surface area (Å²) in [6.07, 6.45) is 0. The largest absolute Gasteiger partial charge is 0.389 e. The molecule has 5 nitrogen and oxygen atoms in total. The van der Waals surface area contributed by atoms with Crippen molar-refractivity contribution < 1.29 is 13.5 Å². The van der Waals surface area contributed by atoms with Crippen LogP contribution in [0.4, 0.5) is 0 Å². The lowest BCUT2D eigenvalue weighted by Gasteiger charge is -2.27. The average Bonchev–Trinajstić information content (AvgIpc) is 2.34. The van der Waals surface area contributed by atoms with Gasteiger partial charge >= 0.3 is 0 Å². The molecule has 1 rings (SSSR count). The molecule has 1 aromatic rings. The quantitative estimate of drug-likeness (QED) is 0.900. The van der Waals surface area contributed by atoms with Crippen molar-refractivity contribution in [3.05, 3.63) is 28.8 Å². The van der Waals surface area contributed by atoms with Gasteiger partial charge in [-0.05, 0) is 32.0 Å². The van der Waals surface area contributed by atoms with Crippen LogP contribution in [0.5, 0.6) is 0 Å². The van der Waals surface area contributed by atoms with Crippen molar-refractivity contribution in [2.45, 2.75) is 31.3 Å². The molecule has 20 heavy (non-hydrogen) atoms. The summed E-state index contributed by atoms with van der Waals surface area (Å²) in [5.74, 6) is 0. The molecule has 7 heteroatoms. The molecule has 0 spiro atoms. The molecule has 0 aliphatic rings. The number of hydrogen-bond acceptors (Lipinski definition) is 4. The topological polar surface area (TPSA) is 81.4 Å². The highest BCUT2D eigenvalue weighted by atomic mass is 35.5. The highest BCUT2D eigenvalue weighted by Gasteiger charge is 2.30. The fourth-order valence-corrected chi connectivity index (χ4v) is 3.75. The second-order valence-electron chi connectivity index (χ2n) is 5.00. The molecule has 0 aliphatic heterocycles. The molecule has 0 unspecified atom stereocenters. The number of benzene rings is 1. The summed E-state index contributed by atoms with van der Waals surface area (Å²) >= 11 is 5.82. The Hall–Kier alpha value is -1.13. The Kier molecular flexibility index (Phi) is 5.16. The number of nitriles is 1. The van der Waals surface area contributed by atoms with E-state index in [1.165, 1.54) is 32.0 Å². The van der Waals surface area contributed by atoms with Crippen LogP contribution in [0.1, 0.15) is 26.3 Å². The van der Waals surface area contributed by atoms with Gasteiger partial charge in [0.05, 0.1) is 11.2 Å². The number of rotatable bonds is 5. The molecular formula is C13H17ClN2O3S. The van der Waals surface area contributed by atoms with Crippen LogP contribution in [-0.4, -0.2) is 36.5 Å². The van der Waals surface area contributed by atoms with Gasteiger partial charge in [0.25, 0.3) is 0 Å². The van der Waals surface area contributed by atoms with Gasteiger partial charge < -0.3 is 5.11 Å². The summed E-state index contributed by atoms with van der Waals surface area (Å²) < 4.78 is 26.3. The van der Waals surface area contributed by atoms with Gasteiger partial charge in [-0.3, -0.25) is 0 Å². The van der Waals surface area contributed by atoms with Crippen molar-refractivity contribution in [3.8, 4) is 6.07 Å². The van der Waals surface area contributed by atoms with Crippen molar-refractivity contribution >= 4 is 21.6 Å². The summed E-state index contributed by atoms with van der Waals surface area (Å²) in [6, 6.07) is 5.93. The van der Waals surface area contributed by atoms with Crippen molar-refractivity contribution in [3.63, 3.8) is 0 Å². The Morgan fingerprint density at radius 1 is 1.45 bits per heavy atom. The predicted octanol–water partition coefficient (Wildman–Crippen LogP) is 1.99. The maximum Gasteiger partial charge on any atom is 0.244 e. The van der Waals surface area contributed by atoms with Crippen LogP contribution in [0.25, 0.3) is 0 Å². The maximum absolute atomic E-state index is 12.6. The zero-order chi connectivity index (χ0) is 15.6. The summed E-state index contributed by atoms with van der Waals surface area (Å²) in [5.41, 5.74) is -1.14. The van der Waals surface area contributed by atoms with Crippen LogP contribution in [0.3, 0.4) is 0 Å². The first-order valence-corrected chi connectivity index (χ1v) is 7.86. The van der Waals surface area contributed by atoms with Gasteiger partial charge in [0, 0.05) is 18.1 Å². The van der Waals surface area contributed by atoms with Gasteiger partial charge in [-0.15, -0.1) is 0 Å². The lowest BCUT2D eigenvalue weighted by molar-refractivity contribution is 0.0601. The van der Waals surface area contributed by atoms with E-state index in [4.69, 9.17) is 16.9 Å². The van der Waals surface area contributed by atoms with Gasteiger partial charge in [-0.1, -0.05) is 18.5 Å². The SMILES string of the molecule is CCN(CC(C)(C)O)S(=O)(=O)c1cc(Cl)ccc1C#N. The Bertz CT molecular complexity index is 630. The van der Waals surface area contributed by atoms with Crippen LogP contribution in [0.2, 0.25) is 5.02 Å². The molecule has 0 amide bonds. The first kappa shape index (κ1) is 16.9. The molecule has 0 aliphatic carbocycles. The van der Waals surface area contributed by atoms with Crippen LogP contribution in [-0.2, 0) is 10.0 Å². The molecule has 0 radical (unpaired) electrons. The van der Waals surface area contributed by atoms with E-state index >= 15 is 0 Å². The van der Waals surface area contributed by atoms with E-state index in [0.29, 0.717) is 0 Å². The molecular weight excluding hydrogens is 300 g/mol. The Balaban J connectivity index is 3.35. The normalized spacial score (nSPS) is 12.4. The molecule has 0 aromatic heterocycles. The Morgan fingerprint density at radius 3 is 2.50 bits per heavy atom. The van der Waals surface area contributed by atoms with E-state index in [1.807, 2.05) is 6.07 Å². The third kappa shape index (κ3) is 3.93. The molecule has 1 aromatic carbocycles. The first-order chi connectivity index (χ1) is 9.11. The van der Waals surface area contributed by atoms with Gasteiger partial charge in [0.1, 0.15) is 11.0 Å². The summed E-state index contributed by atoms with van der Waals surface area (Å²) in [6.45, 7) is 4.83. The molecule has 0 saturated carbocycles. The predicted molar refractivity (Wildman–Crippen MR) is 76.9 cm³/mol. The number of halogens is 1. The van der Waals surface area contributed by atoms with Gasteiger partial charge in [0.2, 0.25) is 10.0 Å². The molecule has 0 bridgehead atoms. The fraction of sp³-hybridized carbons (Fsp3) is 0.462. The lowest BCUT2D eigenvalue weighted by Crippen LogP contribution is -2.42. The van der Waals surface area contributed by atoms with E-state index in [0.717, 1.165) is 4.31 Å². The number of hydrogen-bond donors (Lipinski definition) is 1. The highest BCUT2D eigenvalue weighted by molar-refractivity contribution is 7.89. The van der Waals surface area contributed by atoms with Crippen molar-refractivity contribution in [2.75, 3.05) is 13.1 Å². The molecule has 0 atom stereocenters. The molecule has 0 heterocycles. The minimum Gasteiger partial charge on any atom is -0.389 e. The van der Waals surface area contributed by atoms with Gasteiger partial charge in [-0.2, -0.15) is 9.57 Å². The number of nitrogens with zero attached hydrogens (tertiary/aromatic N) is 2. The molecule has 110 valence electrons. The highest BCUT2D eigenvalue weighted by Crippen LogP contribution is 2.24. The molecule has 0 fully saturated rings. The second kappa shape index (κ2) is 6.10. The minimum absolute atomic E-state index is 0.0311. The van der Waals surface area contributed by atoms with E-state index in [9.17, 15) is 13.5 Å². The lowest BCUT2D eigenvalue weighted by atomic mass is 10.1. The monoisotopic (exact) mass is 316 g/mol. The van der Waals surface area contributed by atoms with Crippen molar-refractivity contribution in [1.82, 2.24) is 4.31 Å². The average molecular weight is 317 g/mol. The molecule has 0 saturated heterocycles. The van der Waals surface area contributed by atoms with Crippen molar-refractivity contribution in [1.29, 1.82) is 5.26 Å². The fourth-order valence-electron chi connectivity index (χ4n) is 1.74. The second-order valence-corrected chi connectivity index (χ2v) is 7.34. The Morgan fingerprint density at radius 2 is 2.05 bits per heavy atom. The Labute approximate surface area is 124 Å². The van der Waals surface area contributed by atoms with Gasteiger partial charge in [0.15, 0.2) is 0 Å². The zero-order valence-corrected chi connectivity index (χ0v) is 13.2. The number of likely N-dealkylation sites (N-methyl/N-ethyl adjacent to an activating group) is 1. The van der Waals surface area contributed by atoms with E-state index in [-0.39, 0.29) is 28.6 Å². The van der Waals surface area contributed by atoms with Crippen LogP contribution >= 0.6 is 11.6 Å². The third-order valence-corrected chi connectivity index (χ3v) is 4.79. The zero-order valence-electron chi connectivity index (χ0n) is 11.6. The summed E-state index contributed by atoms with van der Waals surface area (Å²) in [4.78, 5) is -0.140. The summed E-state index contributed by atoms with van der Waals surface area (Å²) in [5, 5.41) is 19.1. The smallest absolute Gasteiger partial charge is 0.244 e. The third-order valence-electron chi connectivity index (χ3n) is 2.60. The van der Waals surface area contributed by atoms with Crippen LogP contribution in [0, 0.1) is 11.3 Å². The minimum atomic E-state index is -3.88. The van der Waals surface area contributed by atoms with E-state index in [2.05, 4.69) is 0 Å². The van der Waals surface area contributed by atoms with E-state index in [1.54, 1.807) is 6.92 Å². The van der Waals surface area contributed by atoms with Crippen molar-refractivity contribution in [2.24, 2.45) is 0 Å². The van der Waals surface area contributed by atoms with Gasteiger partial charge in [-0.25, -0.2) is 8.42 Å². The maximum atomic E-state index is 12.6. The standard InChI is InChI=1S/C13H17ClN2O3S/c1-4-16(9-13(2,3)17)20(18,19)12-7-11(14)6-5-10(12)8-15/h5-7,17H,4,9H2,1-3H3. The summed E-state index contributed by atoms with van der Waals surface area (Å²) in [7, 11) is -3.88. The number of sulfonamides is 1. The molecule has 1 N–H and O–H groups in total. The first-order valence-electron chi connectivity index (χ1n) is 6.04. The van der Waals surface area contributed by atoms with Crippen LogP contribution in [0.15, 0.2) is 23.1 Å². The van der Waals surface area contributed by atoms with E-state index < -0.39 is 15.6 Å². The number of aliphatic hydroxyl groups is 1. The van der Waals surface area contributed by atoms with Crippen LogP contribution < -0.4 is 0 Å².